The highest BCUT2D eigenvalue weighted by atomic mass is 32.2. The summed E-state index contributed by atoms with van der Waals surface area (Å²) in [6.07, 6.45) is 0. The van der Waals surface area contributed by atoms with Gasteiger partial charge in [0, 0.05) is 0 Å². The molecule has 0 rings (SSSR count). The molecular formula is C2H4N2O3S. The maximum absolute atomic E-state index is 9.76. The molecule has 0 atom stereocenters. The second-order valence-electron chi connectivity index (χ2n) is 0.971. The van der Waals surface area contributed by atoms with Crippen LogP contribution in [0.1, 0.15) is 0 Å². The molecule has 0 aromatic carbocycles. The van der Waals surface area contributed by atoms with E-state index in [2.05, 4.69) is 10.1 Å². The Hall–Kier alpha value is -0.910. The predicted octanol–water partition coefficient (Wildman–Crippen LogP) is -1.47. The van der Waals surface area contributed by atoms with Gasteiger partial charge in [0.1, 0.15) is 6.54 Å². The molecule has 0 heterocycles. The summed E-state index contributed by atoms with van der Waals surface area (Å²) in [5.41, 5.74) is 4.53. The van der Waals surface area contributed by atoms with Crippen LogP contribution in [-0.2, 0) is 15.3 Å². The average Bonchev–Trinajstić information content (AvgIpc) is 1.61. The maximum Gasteiger partial charge on any atom is 0.311 e. The first kappa shape index (κ1) is 7.09. The Morgan fingerprint density at radius 1 is 1.62 bits per heavy atom. The van der Waals surface area contributed by atoms with E-state index in [1.165, 1.54) is 0 Å². The monoisotopic (exact) mass is 136 g/mol. The van der Waals surface area contributed by atoms with Gasteiger partial charge < -0.3 is 5.73 Å². The fourth-order valence-corrected chi connectivity index (χ4v) is 0.349. The third-order valence-corrected chi connectivity index (χ3v) is 0.666. The fraction of sp³-hybridized carbons (Fsp3) is 0.500. The molecule has 6 heteroatoms. The minimum Gasteiger partial charge on any atom is -0.368 e. The van der Waals surface area contributed by atoms with Crippen molar-refractivity contribution in [1.82, 2.24) is 0 Å². The average molecular weight is 136 g/mol. The zero-order chi connectivity index (χ0) is 6.57. The van der Waals surface area contributed by atoms with Crippen molar-refractivity contribution >= 4 is 16.4 Å². The van der Waals surface area contributed by atoms with Gasteiger partial charge in [-0.1, -0.05) is 0 Å². The highest BCUT2D eigenvalue weighted by Gasteiger charge is 1.86. The molecule has 0 aliphatic rings. The molecule has 1 amide bonds. The summed E-state index contributed by atoms with van der Waals surface area (Å²) in [6, 6.07) is 0. The highest BCUT2D eigenvalue weighted by Crippen LogP contribution is 1.62. The van der Waals surface area contributed by atoms with Crippen LogP contribution in [0, 0.1) is 0 Å². The van der Waals surface area contributed by atoms with Crippen molar-refractivity contribution in [3.8, 4) is 0 Å². The largest absolute Gasteiger partial charge is 0.368 e. The first-order chi connectivity index (χ1) is 3.63. The van der Waals surface area contributed by atoms with Crippen LogP contribution in [0.25, 0.3) is 0 Å². The van der Waals surface area contributed by atoms with Crippen LogP contribution in [0.15, 0.2) is 4.36 Å². The predicted molar refractivity (Wildman–Crippen MR) is 25.4 cm³/mol. The van der Waals surface area contributed by atoms with Gasteiger partial charge in [0.2, 0.25) is 5.91 Å². The van der Waals surface area contributed by atoms with E-state index in [0.29, 0.717) is 0 Å². The van der Waals surface area contributed by atoms with Gasteiger partial charge in [0.15, 0.2) is 0 Å². The van der Waals surface area contributed by atoms with Gasteiger partial charge >= 0.3 is 10.5 Å². The lowest BCUT2D eigenvalue weighted by molar-refractivity contribution is -0.116. The summed E-state index contributed by atoms with van der Waals surface area (Å²) in [6.45, 7) is -0.462. The second kappa shape index (κ2) is 3.14. The van der Waals surface area contributed by atoms with Crippen LogP contribution < -0.4 is 5.73 Å². The van der Waals surface area contributed by atoms with Crippen molar-refractivity contribution in [3.63, 3.8) is 0 Å². The molecule has 8 heavy (non-hydrogen) atoms. The van der Waals surface area contributed by atoms with Crippen LogP contribution in [-0.4, -0.2) is 20.9 Å². The van der Waals surface area contributed by atoms with E-state index in [1.54, 1.807) is 0 Å². The highest BCUT2D eigenvalue weighted by molar-refractivity contribution is 7.61. The smallest absolute Gasteiger partial charge is 0.311 e. The molecule has 0 spiro atoms. The summed E-state index contributed by atoms with van der Waals surface area (Å²) in [5, 5.41) is 0. The molecule has 0 aromatic heterocycles. The SMILES string of the molecule is NC(=O)CN=S(=O)=O. The van der Waals surface area contributed by atoms with Crippen molar-refractivity contribution in [2.75, 3.05) is 6.54 Å². The number of carbonyl (C=O) groups excluding carboxylic acids is 1. The number of carbonyl (C=O) groups is 1. The normalized spacial score (nSPS) is 8.00. The van der Waals surface area contributed by atoms with Crippen LogP contribution in [0.4, 0.5) is 0 Å². The molecule has 46 valence electrons. The lowest BCUT2D eigenvalue weighted by Gasteiger charge is -1.75. The Balaban J connectivity index is 3.81. The molecule has 0 bridgehead atoms. The molecule has 0 saturated carbocycles. The van der Waals surface area contributed by atoms with Gasteiger partial charge in [-0.3, -0.25) is 4.79 Å². The summed E-state index contributed by atoms with van der Waals surface area (Å²) >= 11 is 0. The number of nitrogens with two attached hydrogens (primary N) is 1. The number of nitrogens with zero attached hydrogens (tertiary/aromatic N) is 1. The number of hydrogen-bond donors (Lipinski definition) is 1. The van der Waals surface area contributed by atoms with E-state index >= 15 is 0 Å². The number of rotatable bonds is 2. The van der Waals surface area contributed by atoms with Gasteiger partial charge in [-0.15, -0.1) is 0 Å². The van der Waals surface area contributed by atoms with Gasteiger partial charge in [0.05, 0.1) is 0 Å². The Bertz CT molecular complexity index is 195. The topological polar surface area (TPSA) is 89.6 Å². The van der Waals surface area contributed by atoms with E-state index in [0.717, 1.165) is 0 Å². The second-order valence-corrected chi connectivity index (χ2v) is 1.66. The van der Waals surface area contributed by atoms with Gasteiger partial charge in [-0.2, -0.15) is 12.8 Å². The Morgan fingerprint density at radius 2 is 2.12 bits per heavy atom. The molecule has 2 N–H and O–H groups in total. The standard InChI is InChI=1S/C2H4N2O3S/c3-2(5)1-4-8(6)7/h1H2,(H2,3,5). The molecule has 0 aromatic rings. The summed E-state index contributed by atoms with van der Waals surface area (Å²) in [5.74, 6) is -0.755. The van der Waals surface area contributed by atoms with Crippen molar-refractivity contribution in [2.45, 2.75) is 0 Å². The quantitative estimate of drug-likeness (QED) is 0.502. The molecular weight excluding hydrogens is 132 g/mol. The molecule has 0 saturated heterocycles. The summed E-state index contributed by atoms with van der Waals surface area (Å²) < 4.78 is 21.8. The number of amides is 1. The minimum absolute atomic E-state index is 0.462. The minimum atomic E-state index is -2.51. The lowest BCUT2D eigenvalue weighted by atomic mass is 10.7. The van der Waals surface area contributed by atoms with Crippen LogP contribution in [0.5, 0.6) is 0 Å². The Kier molecular flexibility index (Phi) is 2.78. The van der Waals surface area contributed by atoms with Gasteiger partial charge in [-0.25, -0.2) is 0 Å². The Morgan fingerprint density at radius 3 is 2.25 bits per heavy atom. The third-order valence-electron chi connectivity index (χ3n) is 0.326. The van der Waals surface area contributed by atoms with E-state index in [4.69, 9.17) is 0 Å². The Labute approximate surface area is 47.2 Å². The zero-order valence-corrected chi connectivity index (χ0v) is 4.68. The van der Waals surface area contributed by atoms with Gasteiger partial charge in [0.25, 0.3) is 0 Å². The first-order valence-electron chi connectivity index (χ1n) is 1.68. The number of hydrogen-bond acceptors (Lipinski definition) is 4. The van der Waals surface area contributed by atoms with E-state index in [9.17, 15) is 13.2 Å². The summed E-state index contributed by atoms with van der Waals surface area (Å²) in [4.78, 5) is 9.76. The van der Waals surface area contributed by atoms with Crippen molar-refractivity contribution in [1.29, 1.82) is 0 Å². The van der Waals surface area contributed by atoms with E-state index < -0.39 is 23.0 Å². The molecule has 0 aliphatic carbocycles. The first-order valence-corrected chi connectivity index (χ1v) is 2.71. The van der Waals surface area contributed by atoms with Gasteiger partial charge in [-0.05, 0) is 0 Å². The fourth-order valence-electron chi connectivity index (χ4n) is 0.116. The maximum atomic E-state index is 9.76. The van der Waals surface area contributed by atoms with Crippen LogP contribution in [0.3, 0.4) is 0 Å². The number of primary amides is 1. The summed E-state index contributed by atoms with van der Waals surface area (Å²) in [7, 11) is -2.51. The lowest BCUT2D eigenvalue weighted by Crippen LogP contribution is -2.13. The van der Waals surface area contributed by atoms with E-state index in [-0.39, 0.29) is 0 Å². The molecule has 0 unspecified atom stereocenters. The third kappa shape index (κ3) is 5.09. The van der Waals surface area contributed by atoms with Crippen molar-refractivity contribution in [3.05, 3.63) is 0 Å². The van der Waals surface area contributed by atoms with Crippen molar-refractivity contribution in [2.24, 2.45) is 10.1 Å². The molecule has 0 radical (unpaired) electrons. The molecule has 5 nitrogen and oxygen atoms in total. The van der Waals surface area contributed by atoms with Crippen LogP contribution >= 0.6 is 0 Å². The van der Waals surface area contributed by atoms with E-state index in [1.807, 2.05) is 0 Å². The zero-order valence-electron chi connectivity index (χ0n) is 3.86. The van der Waals surface area contributed by atoms with Crippen LogP contribution in [0.2, 0.25) is 0 Å². The molecule has 0 fully saturated rings. The molecule has 0 aliphatic heterocycles. The van der Waals surface area contributed by atoms with Crippen molar-refractivity contribution < 1.29 is 13.2 Å².